The van der Waals surface area contributed by atoms with E-state index in [-0.39, 0.29) is 12.0 Å². The van der Waals surface area contributed by atoms with Crippen molar-refractivity contribution in [3.05, 3.63) is 46.8 Å². The van der Waals surface area contributed by atoms with Crippen LogP contribution in [0, 0.1) is 25.2 Å². The minimum absolute atomic E-state index is 0.110. The van der Waals surface area contributed by atoms with Crippen LogP contribution >= 0.6 is 0 Å². The Morgan fingerprint density at radius 1 is 1.30 bits per heavy atom. The van der Waals surface area contributed by atoms with Gasteiger partial charge in [0.25, 0.3) is 0 Å². The number of hydrogen-bond acceptors (Lipinski definition) is 2. The molecule has 0 radical (unpaired) electrons. The van der Waals surface area contributed by atoms with E-state index in [9.17, 15) is 13.2 Å². The van der Waals surface area contributed by atoms with Crippen molar-refractivity contribution >= 4 is 0 Å². The molecule has 1 aromatic carbocycles. The molecule has 0 atom stereocenters. The van der Waals surface area contributed by atoms with Gasteiger partial charge < -0.3 is 0 Å². The highest BCUT2D eigenvalue weighted by molar-refractivity contribution is 5.46. The standard InChI is InChI=1S/C14H12F3N3/c1-9-4-3-5-12(10(9)2)20-13(14(15,16)17)11(6-7-18)8-19-20/h3-5,8H,6H2,1-2H3. The summed E-state index contributed by atoms with van der Waals surface area (Å²) in [5.41, 5.74) is 0.993. The molecular weight excluding hydrogens is 267 g/mol. The van der Waals surface area contributed by atoms with Gasteiger partial charge in [-0.3, -0.25) is 0 Å². The summed E-state index contributed by atoms with van der Waals surface area (Å²) < 4.78 is 40.5. The maximum Gasteiger partial charge on any atom is 0.433 e. The zero-order chi connectivity index (χ0) is 14.9. The largest absolute Gasteiger partial charge is 0.433 e. The van der Waals surface area contributed by atoms with Crippen molar-refractivity contribution in [3.8, 4) is 11.8 Å². The highest BCUT2D eigenvalue weighted by atomic mass is 19.4. The summed E-state index contributed by atoms with van der Waals surface area (Å²) >= 11 is 0. The second-order valence-corrected chi connectivity index (χ2v) is 4.48. The van der Waals surface area contributed by atoms with Gasteiger partial charge >= 0.3 is 6.18 Å². The Morgan fingerprint density at radius 2 is 2.00 bits per heavy atom. The van der Waals surface area contributed by atoms with E-state index in [1.807, 2.05) is 13.0 Å². The molecule has 2 aromatic rings. The molecule has 2 rings (SSSR count). The van der Waals surface area contributed by atoms with Crippen LogP contribution in [0.4, 0.5) is 13.2 Å². The van der Waals surface area contributed by atoms with Crippen molar-refractivity contribution < 1.29 is 13.2 Å². The van der Waals surface area contributed by atoms with Gasteiger partial charge in [0, 0.05) is 5.56 Å². The molecule has 0 saturated carbocycles. The highest BCUT2D eigenvalue weighted by Gasteiger charge is 2.38. The number of aryl methyl sites for hydroxylation is 1. The van der Waals surface area contributed by atoms with Crippen molar-refractivity contribution in [2.75, 3.05) is 0 Å². The van der Waals surface area contributed by atoms with Gasteiger partial charge in [-0.25, -0.2) is 4.68 Å². The van der Waals surface area contributed by atoms with E-state index in [0.29, 0.717) is 5.69 Å². The lowest BCUT2D eigenvalue weighted by molar-refractivity contribution is -0.143. The molecular formula is C14H12F3N3. The normalized spacial score (nSPS) is 11.4. The molecule has 1 heterocycles. The van der Waals surface area contributed by atoms with Gasteiger partial charge in [-0.05, 0) is 31.0 Å². The van der Waals surface area contributed by atoms with E-state index in [2.05, 4.69) is 5.10 Å². The average Bonchev–Trinajstić information content (AvgIpc) is 2.76. The Balaban J connectivity index is 2.70. The quantitative estimate of drug-likeness (QED) is 0.843. The van der Waals surface area contributed by atoms with Crippen LogP contribution in [-0.4, -0.2) is 9.78 Å². The van der Waals surface area contributed by atoms with Crippen LogP contribution < -0.4 is 0 Å². The Bertz CT molecular complexity index is 678. The maximum absolute atomic E-state index is 13.2. The van der Waals surface area contributed by atoms with Gasteiger partial charge in [0.15, 0.2) is 5.69 Å². The number of hydrogen-bond donors (Lipinski definition) is 0. The smallest absolute Gasteiger partial charge is 0.228 e. The average molecular weight is 279 g/mol. The summed E-state index contributed by atoms with van der Waals surface area (Å²) in [5.74, 6) is 0. The second kappa shape index (κ2) is 5.00. The number of aromatic nitrogens is 2. The summed E-state index contributed by atoms with van der Waals surface area (Å²) in [6, 6.07) is 6.83. The first kappa shape index (κ1) is 14.1. The van der Waals surface area contributed by atoms with E-state index >= 15 is 0 Å². The van der Waals surface area contributed by atoms with Crippen molar-refractivity contribution in [1.29, 1.82) is 5.26 Å². The lowest BCUT2D eigenvalue weighted by Crippen LogP contribution is -2.16. The summed E-state index contributed by atoms with van der Waals surface area (Å²) in [6.07, 6.45) is -3.77. The topological polar surface area (TPSA) is 41.6 Å². The van der Waals surface area contributed by atoms with E-state index in [0.717, 1.165) is 22.0 Å². The van der Waals surface area contributed by atoms with Crippen LogP contribution in [0.15, 0.2) is 24.4 Å². The van der Waals surface area contributed by atoms with E-state index in [1.54, 1.807) is 25.1 Å². The first-order chi connectivity index (χ1) is 9.36. The predicted octanol–water partition coefficient (Wildman–Crippen LogP) is 3.57. The molecule has 0 unspecified atom stereocenters. The lowest BCUT2D eigenvalue weighted by Gasteiger charge is -2.14. The van der Waals surface area contributed by atoms with E-state index in [4.69, 9.17) is 5.26 Å². The van der Waals surface area contributed by atoms with Crippen LogP contribution in [-0.2, 0) is 12.6 Å². The van der Waals surface area contributed by atoms with Gasteiger partial charge in [0.1, 0.15) is 0 Å². The third-order valence-electron chi connectivity index (χ3n) is 3.19. The summed E-state index contributed by atoms with van der Waals surface area (Å²) in [4.78, 5) is 0. The summed E-state index contributed by atoms with van der Waals surface area (Å²) in [5, 5.41) is 12.5. The molecule has 1 aromatic heterocycles. The number of nitriles is 1. The van der Waals surface area contributed by atoms with Gasteiger partial charge in [0.05, 0.1) is 24.4 Å². The Labute approximate surface area is 114 Å². The SMILES string of the molecule is Cc1cccc(-n2ncc(CC#N)c2C(F)(F)F)c1C. The monoisotopic (exact) mass is 279 g/mol. The fourth-order valence-corrected chi connectivity index (χ4v) is 2.05. The molecule has 0 amide bonds. The molecule has 0 N–H and O–H groups in total. The fourth-order valence-electron chi connectivity index (χ4n) is 2.05. The molecule has 0 spiro atoms. The summed E-state index contributed by atoms with van der Waals surface area (Å²) in [7, 11) is 0. The maximum atomic E-state index is 13.2. The van der Waals surface area contributed by atoms with Crippen molar-refractivity contribution in [2.45, 2.75) is 26.4 Å². The summed E-state index contributed by atoms with van der Waals surface area (Å²) in [6.45, 7) is 3.57. The van der Waals surface area contributed by atoms with Gasteiger partial charge in [-0.2, -0.15) is 23.5 Å². The van der Waals surface area contributed by atoms with Crippen molar-refractivity contribution in [3.63, 3.8) is 0 Å². The zero-order valence-electron chi connectivity index (χ0n) is 11.0. The lowest BCUT2D eigenvalue weighted by atomic mass is 10.1. The van der Waals surface area contributed by atoms with Crippen LogP contribution in [0.3, 0.4) is 0 Å². The van der Waals surface area contributed by atoms with Gasteiger partial charge in [0.2, 0.25) is 0 Å². The molecule has 0 bridgehead atoms. The zero-order valence-corrected chi connectivity index (χ0v) is 11.0. The third kappa shape index (κ3) is 2.39. The number of rotatable bonds is 2. The fraction of sp³-hybridized carbons (Fsp3) is 0.286. The van der Waals surface area contributed by atoms with Crippen LogP contribution in [0.2, 0.25) is 0 Å². The minimum Gasteiger partial charge on any atom is -0.228 e. The molecule has 0 saturated heterocycles. The molecule has 3 nitrogen and oxygen atoms in total. The van der Waals surface area contributed by atoms with Crippen LogP contribution in [0.25, 0.3) is 5.69 Å². The Morgan fingerprint density at radius 3 is 2.60 bits per heavy atom. The van der Waals surface area contributed by atoms with Crippen molar-refractivity contribution in [2.24, 2.45) is 0 Å². The second-order valence-electron chi connectivity index (χ2n) is 4.48. The first-order valence-corrected chi connectivity index (χ1v) is 5.94. The van der Waals surface area contributed by atoms with Crippen LogP contribution in [0.5, 0.6) is 0 Å². The van der Waals surface area contributed by atoms with Crippen LogP contribution in [0.1, 0.15) is 22.4 Å². The van der Waals surface area contributed by atoms with E-state index in [1.165, 1.54) is 0 Å². The molecule has 0 fully saturated rings. The predicted molar refractivity (Wildman–Crippen MR) is 67.4 cm³/mol. The van der Waals surface area contributed by atoms with Crippen molar-refractivity contribution in [1.82, 2.24) is 9.78 Å². The number of nitrogens with zero attached hydrogens (tertiary/aromatic N) is 3. The van der Waals surface area contributed by atoms with E-state index < -0.39 is 11.9 Å². The molecule has 0 aliphatic rings. The first-order valence-electron chi connectivity index (χ1n) is 5.94. The number of benzene rings is 1. The molecule has 0 aliphatic heterocycles. The number of alkyl halides is 3. The number of halogens is 3. The minimum atomic E-state index is -4.56. The molecule has 0 aliphatic carbocycles. The third-order valence-corrected chi connectivity index (χ3v) is 3.19. The molecule has 104 valence electrons. The highest BCUT2D eigenvalue weighted by Crippen LogP contribution is 2.34. The van der Waals surface area contributed by atoms with Gasteiger partial charge in [-0.1, -0.05) is 12.1 Å². The Hall–Kier alpha value is -2.29. The van der Waals surface area contributed by atoms with Gasteiger partial charge in [-0.15, -0.1) is 0 Å². The molecule has 20 heavy (non-hydrogen) atoms. The molecule has 6 heteroatoms. The Kier molecular flexibility index (Phi) is 3.53.